The first-order chi connectivity index (χ1) is 11.5. The summed E-state index contributed by atoms with van der Waals surface area (Å²) in [5.74, 6) is -0.290. The molecule has 0 aromatic heterocycles. The van der Waals surface area contributed by atoms with E-state index >= 15 is 0 Å². The number of hydrogen-bond donors (Lipinski definition) is 1. The summed E-state index contributed by atoms with van der Waals surface area (Å²) in [4.78, 5) is 24.2. The highest BCUT2D eigenvalue weighted by Crippen LogP contribution is 2.14. The smallest absolute Gasteiger partial charge is 0.354 e. The maximum Gasteiger partial charge on any atom is 0.354 e. The molecule has 0 aliphatic heterocycles. The summed E-state index contributed by atoms with van der Waals surface area (Å²) in [5.41, 5.74) is 2.31. The molecule has 5 nitrogen and oxygen atoms in total. The monoisotopic (exact) mass is 325 g/mol. The topological polar surface area (TPSA) is 64.6 Å². The fourth-order valence-electron chi connectivity index (χ4n) is 2.02. The van der Waals surface area contributed by atoms with Crippen LogP contribution in [0.4, 0.5) is 0 Å². The molecule has 1 amide bonds. The van der Waals surface area contributed by atoms with Gasteiger partial charge in [0.15, 0.2) is 0 Å². The van der Waals surface area contributed by atoms with Crippen LogP contribution in [0, 0.1) is 6.92 Å². The number of nitrogens with one attached hydrogen (secondary N) is 1. The van der Waals surface area contributed by atoms with E-state index in [9.17, 15) is 9.59 Å². The average Bonchev–Trinajstić information content (AvgIpc) is 2.61. The van der Waals surface area contributed by atoms with Gasteiger partial charge in [-0.15, -0.1) is 0 Å². The zero-order valence-electron chi connectivity index (χ0n) is 13.8. The van der Waals surface area contributed by atoms with Crippen LogP contribution < -0.4 is 10.1 Å². The largest absolute Gasteiger partial charge is 0.497 e. The third-order valence-electron chi connectivity index (χ3n) is 3.39. The van der Waals surface area contributed by atoms with Crippen molar-refractivity contribution in [3.63, 3.8) is 0 Å². The summed E-state index contributed by atoms with van der Waals surface area (Å²) in [6.45, 7) is 1.94. The standard InChI is InChI=1S/C19H19NO4/c1-13-4-8-15(9-5-13)18(21)20-17(19(22)24-3)12-14-6-10-16(23-2)11-7-14/h4-12H,1-3H3,(H,20,21)/b17-12-. The lowest BCUT2D eigenvalue weighted by Gasteiger charge is -2.09. The van der Waals surface area contributed by atoms with Crippen LogP contribution in [0.5, 0.6) is 5.75 Å². The lowest BCUT2D eigenvalue weighted by Crippen LogP contribution is -2.28. The highest BCUT2D eigenvalue weighted by Gasteiger charge is 2.14. The fourth-order valence-corrected chi connectivity index (χ4v) is 2.02. The van der Waals surface area contributed by atoms with Crippen molar-refractivity contribution >= 4 is 18.0 Å². The number of aryl methyl sites for hydroxylation is 1. The van der Waals surface area contributed by atoms with Crippen molar-refractivity contribution < 1.29 is 19.1 Å². The van der Waals surface area contributed by atoms with Crippen LogP contribution >= 0.6 is 0 Å². The highest BCUT2D eigenvalue weighted by molar-refractivity contribution is 6.03. The second kappa shape index (κ2) is 7.97. The Morgan fingerprint density at radius 2 is 1.58 bits per heavy atom. The molecular formula is C19H19NO4. The summed E-state index contributed by atoms with van der Waals surface area (Å²) < 4.78 is 9.83. The van der Waals surface area contributed by atoms with Gasteiger partial charge in [-0.2, -0.15) is 0 Å². The molecule has 2 aromatic carbocycles. The maximum absolute atomic E-state index is 12.3. The third-order valence-corrected chi connectivity index (χ3v) is 3.39. The molecular weight excluding hydrogens is 306 g/mol. The molecule has 0 saturated carbocycles. The van der Waals surface area contributed by atoms with Gasteiger partial charge in [-0.25, -0.2) is 4.79 Å². The summed E-state index contributed by atoms with van der Waals surface area (Å²) in [5, 5.41) is 2.60. The van der Waals surface area contributed by atoms with Crippen molar-refractivity contribution in [1.29, 1.82) is 0 Å². The molecule has 0 spiro atoms. The van der Waals surface area contributed by atoms with E-state index in [2.05, 4.69) is 5.32 Å². The average molecular weight is 325 g/mol. The van der Waals surface area contributed by atoms with Gasteiger partial charge < -0.3 is 14.8 Å². The molecule has 0 aliphatic rings. The van der Waals surface area contributed by atoms with E-state index in [-0.39, 0.29) is 11.6 Å². The second-order valence-corrected chi connectivity index (χ2v) is 5.14. The number of carbonyl (C=O) groups excluding carboxylic acids is 2. The van der Waals surface area contributed by atoms with Crippen molar-refractivity contribution in [2.75, 3.05) is 14.2 Å². The van der Waals surface area contributed by atoms with Crippen LogP contribution in [0.3, 0.4) is 0 Å². The summed E-state index contributed by atoms with van der Waals surface area (Å²) in [7, 11) is 2.84. The molecule has 0 atom stereocenters. The van der Waals surface area contributed by atoms with E-state index in [0.29, 0.717) is 11.3 Å². The SMILES string of the molecule is COC(=O)/C(=C/c1ccc(OC)cc1)NC(=O)c1ccc(C)cc1. The van der Waals surface area contributed by atoms with Crippen molar-refractivity contribution in [3.05, 3.63) is 70.9 Å². The van der Waals surface area contributed by atoms with E-state index in [1.165, 1.54) is 7.11 Å². The Kier molecular flexibility index (Phi) is 5.73. The molecule has 2 aromatic rings. The van der Waals surface area contributed by atoms with Crippen LogP contribution in [0.15, 0.2) is 54.2 Å². The summed E-state index contributed by atoms with van der Waals surface area (Å²) in [6.07, 6.45) is 1.55. The first-order valence-electron chi connectivity index (χ1n) is 7.35. The third kappa shape index (κ3) is 4.46. The molecule has 0 saturated heterocycles. The number of ether oxygens (including phenoxy) is 2. The van der Waals surface area contributed by atoms with E-state index in [1.807, 2.05) is 19.1 Å². The lowest BCUT2D eigenvalue weighted by atomic mass is 10.1. The van der Waals surface area contributed by atoms with E-state index in [1.54, 1.807) is 49.6 Å². The Balaban J connectivity index is 2.24. The first-order valence-corrected chi connectivity index (χ1v) is 7.35. The van der Waals surface area contributed by atoms with Crippen LogP contribution in [-0.2, 0) is 9.53 Å². The maximum atomic E-state index is 12.3. The summed E-state index contributed by atoms with van der Waals surface area (Å²) >= 11 is 0. The van der Waals surface area contributed by atoms with Crippen molar-refractivity contribution in [3.8, 4) is 5.75 Å². The van der Waals surface area contributed by atoms with Crippen molar-refractivity contribution in [2.24, 2.45) is 0 Å². The van der Waals surface area contributed by atoms with Crippen LogP contribution in [0.2, 0.25) is 0 Å². The Morgan fingerprint density at radius 3 is 2.12 bits per heavy atom. The number of amides is 1. The van der Waals surface area contributed by atoms with Gasteiger partial charge in [0.1, 0.15) is 11.4 Å². The number of rotatable bonds is 5. The second-order valence-electron chi connectivity index (χ2n) is 5.14. The minimum atomic E-state index is -0.619. The minimum absolute atomic E-state index is 0.0632. The Labute approximate surface area is 140 Å². The molecule has 0 bridgehead atoms. The van der Waals surface area contributed by atoms with E-state index < -0.39 is 5.97 Å². The molecule has 124 valence electrons. The predicted molar refractivity (Wildman–Crippen MR) is 91.6 cm³/mol. The van der Waals surface area contributed by atoms with E-state index in [0.717, 1.165) is 11.1 Å². The van der Waals surface area contributed by atoms with Crippen LogP contribution in [0.25, 0.3) is 6.08 Å². The van der Waals surface area contributed by atoms with E-state index in [4.69, 9.17) is 9.47 Å². The normalized spacial score (nSPS) is 10.9. The number of carbonyl (C=O) groups is 2. The Morgan fingerprint density at radius 1 is 0.958 bits per heavy atom. The van der Waals surface area contributed by atoms with Gasteiger partial charge in [-0.3, -0.25) is 4.79 Å². The zero-order chi connectivity index (χ0) is 17.5. The van der Waals surface area contributed by atoms with Gasteiger partial charge in [0.2, 0.25) is 0 Å². The molecule has 24 heavy (non-hydrogen) atoms. The molecule has 0 aliphatic carbocycles. The van der Waals surface area contributed by atoms with Gasteiger partial charge in [-0.05, 0) is 42.8 Å². The molecule has 0 unspecified atom stereocenters. The summed E-state index contributed by atoms with van der Waals surface area (Å²) in [6, 6.07) is 14.2. The molecule has 2 rings (SSSR count). The lowest BCUT2D eigenvalue weighted by molar-refractivity contribution is -0.136. The molecule has 1 N–H and O–H groups in total. The number of hydrogen-bond acceptors (Lipinski definition) is 4. The fraction of sp³-hybridized carbons (Fsp3) is 0.158. The minimum Gasteiger partial charge on any atom is -0.497 e. The Hall–Kier alpha value is -3.08. The van der Waals surface area contributed by atoms with Crippen molar-refractivity contribution in [1.82, 2.24) is 5.32 Å². The highest BCUT2D eigenvalue weighted by atomic mass is 16.5. The first kappa shape index (κ1) is 17.3. The van der Waals surface area contributed by atoms with Gasteiger partial charge in [0.25, 0.3) is 5.91 Å². The van der Waals surface area contributed by atoms with Gasteiger partial charge >= 0.3 is 5.97 Å². The number of methoxy groups -OCH3 is 2. The van der Waals surface area contributed by atoms with Crippen molar-refractivity contribution in [2.45, 2.75) is 6.92 Å². The molecule has 0 heterocycles. The van der Waals surface area contributed by atoms with Crippen LogP contribution in [0.1, 0.15) is 21.5 Å². The number of benzene rings is 2. The molecule has 0 fully saturated rings. The molecule has 0 radical (unpaired) electrons. The van der Waals surface area contributed by atoms with Gasteiger partial charge in [0.05, 0.1) is 14.2 Å². The predicted octanol–water partition coefficient (Wildman–Crippen LogP) is 2.95. The Bertz CT molecular complexity index is 746. The quantitative estimate of drug-likeness (QED) is 0.678. The van der Waals surface area contributed by atoms with Gasteiger partial charge in [-0.1, -0.05) is 29.8 Å². The van der Waals surface area contributed by atoms with Gasteiger partial charge in [0, 0.05) is 5.56 Å². The molecule has 5 heteroatoms. The number of esters is 1. The zero-order valence-corrected chi connectivity index (χ0v) is 13.8. The van der Waals surface area contributed by atoms with Crippen LogP contribution in [-0.4, -0.2) is 26.1 Å².